The van der Waals surface area contributed by atoms with Crippen molar-refractivity contribution in [2.24, 2.45) is 0 Å². The van der Waals surface area contributed by atoms with Gasteiger partial charge in [-0.3, -0.25) is 0 Å². The summed E-state index contributed by atoms with van der Waals surface area (Å²) in [5.41, 5.74) is 1.80. The van der Waals surface area contributed by atoms with E-state index in [-0.39, 0.29) is 5.88 Å². The summed E-state index contributed by atoms with van der Waals surface area (Å²) in [4.78, 5) is 2.72. The SMILES string of the molecule is COc1cc(-c2c[nH]c(O)c2)cc(Br)c1OC. The molecule has 90 valence electrons. The minimum absolute atomic E-state index is 0.130. The van der Waals surface area contributed by atoms with E-state index in [4.69, 9.17) is 9.47 Å². The number of ether oxygens (including phenoxy) is 2. The third-order valence-electron chi connectivity index (χ3n) is 2.43. The van der Waals surface area contributed by atoms with Gasteiger partial charge >= 0.3 is 0 Å². The van der Waals surface area contributed by atoms with Gasteiger partial charge in [-0.25, -0.2) is 0 Å². The molecule has 2 rings (SSSR count). The lowest BCUT2D eigenvalue weighted by Crippen LogP contribution is -1.92. The maximum Gasteiger partial charge on any atom is 0.188 e. The second-order valence-corrected chi connectivity index (χ2v) is 4.32. The molecule has 0 radical (unpaired) electrons. The predicted molar refractivity (Wildman–Crippen MR) is 68.7 cm³/mol. The lowest BCUT2D eigenvalue weighted by atomic mass is 10.1. The van der Waals surface area contributed by atoms with E-state index in [1.54, 1.807) is 26.5 Å². The van der Waals surface area contributed by atoms with Crippen LogP contribution < -0.4 is 9.47 Å². The van der Waals surface area contributed by atoms with Crippen molar-refractivity contribution in [2.45, 2.75) is 0 Å². The first-order valence-electron chi connectivity index (χ1n) is 4.95. The van der Waals surface area contributed by atoms with Gasteiger partial charge in [-0.1, -0.05) is 0 Å². The molecule has 0 atom stereocenters. The van der Waals surface area contributed by atoms with E-state index >= 15 is 0 Å². The van der Waals surface area contributed by atoms with E-state index in [9.17, 15) is 5.11 Å². The molecule has 0 unspecified atom stereocenters. The molecule has 0 saturated heterocycles. The van der Waals surface area contributed by atoms with Crippen LogP contribution in [0.2, 0.25) is 0 Å². The maximum atomic E-state index is 9.29. The summed E-state index contributed by atoms with van der Waals surface area (Å²) in [6, 6.07) is 5.41. The highest BCUT2D eigenvalue weighted by Gasteiger charge is 2.12. The van der Waals surface area contributed by atoms with E-state index < -0.39 is 0 Å². The minimum atomic E-state index is 0.130. The highest BCUT2D eigenvalue weighted by molar-refractivity contribution is 9.10. The number of halogens is 1. The van der Waals surface area contributed by atoms with Crippen LogP contribution in [0.3, 0.4) is 0 Å². The van der Waals surface area contributed by atoms with Crippen molar-refractivity contribution in [1.29, 1.82) is 0 Å². The Hall–Kier alpha value is -1.62. The highest BCUT2D eigenvalue weighted by atomic mass is 79.9. The van der Waals surface area contributed by atoms with E-state index in [1.807, 2.05) is 12.1 Å². The van der Waals surface area contributed by atoms with Crippen molar-refractivity contribution in [3.05, 3.63) is 28.9 Å². The molecule has 0 saturated carbocycles. The fourth-order valence-corrected chi connectivity index (χ4v) is 2.24. The van der Waals surface area contributed by atoms with Crippen LogP contribution in [0.25, 0.3) is 11.1 Å². The van der Waals surface area contributed by atoms with Crippen LogP contribution in [0.1, 0.15) is 0 Å². The molecule has 2 N–H and O–H groups in total. The monoisotopic (exact) mass is 297 g/mol. The van der Waals surface area contributed by atoms with Gasteiger partial charge in [0.05, 0.1) is 18.7 Å². The van der Waals surface area contributed by atoms with E-state index in [0.717, 1.165) is 15.6 Å². The van der Waals surface area contributed by atoms with Crippen LogP contribution in [0.15, 0.2) is 28.9 Å². The molecule has 1 aromatic heterocycles. The first-order chi connectivity index (χ1) is 8.15. The second-order valence-electron chi connectivity index (χ2n) is 3.47. The Labute approximate surface area is 107 Å². The van der Waals surface area contributed by atoms with Crippen molar-refractivity contribution < 1.29 is 14.6 Å². The van der Waals surface area contributed by atoms with E-state index in [0.29, 0.717) is 11.5 Å². The maximum absolute atomic E-state index is 9.29. The van der Waals surface area contributed by atoms with Crippen molar-refractivity contribution in [2.75, 3.05) is 14.2 Å². The fourth-order valence-electron chi connectivity index (χ4n) is 1.63. The van der Waals surface area contributed by atoms with Gasteiger partial charge in [-0.2, -0.15) is 0 Å². The van der Waals surface area contributed by atoms with E-state index in [1.165, 1.54) is 0 Å². The predicted octanol–water partition coefficient (Wildman–Crippen LogP) is 3.17. The third-order valence-corrected chi connectivity index (χ3v) is 3.02. The lowest BCUT2D eigenvalue weighted by molar-refractivity contribution is 0.353. The molecular formula is C12H12BrNO3. The zero-order valence-corrected chi connectivity index (χ0v) is 11.0. The molecule has 1 heterocycles. The Morgan fingerprint density at radius 1 is 1.12 bits per heavy atom. The molecule has 0 bridgehead atoms. The van der Waals surface area contributed by atoms with E-state index in [2.05, 4.69) is 20.9 Å². The first kappa shape index (κ1) is 11.9. The summed E-state index contributed by atoms with van der Waals surface area (Å²) in [5.74, 6) is 1.42. The van der Waals surface area contributed by atoms with Gasteiger partial charge in [0.1, 0.15) is 0 Å². The number of aromatic hydroxyl groups is 1. The van der Waals surface area contributed by atoms with Gasteiger partial charge in [-0.15, -0.1) is 0 Å². The Bertz CT molecular complexity index is 537. The van der Waals surface area contributed by atoms with Gasteiger partial charge in [-0.05, 0) is 33.6 Å². The molecule has 0 fully saturated rings. The standard InChI is InChI=1S/C12H12BrNO3/c1-16-10-4-7(3-9(13)12(10)17-2)8-5-11(15)14-6-8/h3-6,14-15H,1-2H3. The Balaban J connectivity index is 2.53. The second kappa shape index (κ2) is 4.71. The summed E-state index contributed by atoms with van der Waals surface area (Å²) < 4.78 is 11.3. The molecule has 0 aliphatic carbocycles. The zero-order valence-electron chi connectivity index (χ0n) is 9.45. The van der Waals surface area contributed by atoms with Crippen molar-refractivity contribution in [3.8, 4) is 28.5 Å². The van der Waals surface area contributed by atoms with Gasteiger partial charge in [0.2, 0.25) is 0 Å². The van der Waals surface area contributed by atoms with Crippen LogP contribution >= 0.6 is 15.9 Å². The molecule has 0 spiro atoms. The number of aromatic amines is 1. The Morgan fingerprint density at radius 3 is 2.41 bits per heavy atom. The molecule has 5 heteroatoms. The smallest absolute Gasteiger partial charge is 0.188 e. The van der Waals surface area contributed by atoms with Crippen LogP contribution in [-0.2, 0) is 0 Å². The van der Waals surface area contributed by atoms with Gasteiger partial charge in [0.15, 0.2) is 17.4 Å². The summed E-state index contributed by atoms with van der Waals surface area (Å²) in [7, 11) is 3.17. The summed E-state index contributed by atoms with van der Waals surface area (Å²) >= 11 is 3.43. The third kappa shape index (κ3) is 2.24. The fraction of sp³-hybridized carbons (Fsp3) is 0.167. The number of rotatable bonds is 3. The van der Waals surface area contributed by atoms with Crippen LogP contribution in [0.5, 0.6) is 17.4 Å². The van der Waals surface area contributed by atoms with Crippen molar-refractivity contribution in [3.63, 3.8) is 0 Å². The molecule has 1 aromatic carbocycles. The number of nitrogens with one attached hydrogen (secondary N) is 1. The molecule has 0 aliphatic rings. The van der Waals surface area contributed by atoms with Crippen molar-refractivity contribution in [1.82, 2.24) is 4.98 Å². The first-order valence-corrected chi connectivity index (χ1v) is 5.74. The molecule has 0 aliphatic heterocycles. The zero-order chi connectivity index (χ0) is 12.4. The number of hydrogen-bond acceptors (Lipinski definition) is 3. The van der Waals surface area contributed by atoms with Crippen molar-refractivity contribution >= 4 is 15.9 Å². The highest BCUT2D eigenvalue weighted by Crippen LogP contribution is 2.39. The minimum Gasteiger partial charge on any atom is -0.495 e. The van der Waals surface area contributed by atoms with Crippen LogP contribution in [0, 0.1) is 0 Å². The normalized spacial score (nSPS) is 10.3. The lowest BCUT2D eigenvalue weighted by Gasteiger charge is -2.11. The average Bonchev–Trinajstić information content (AvgIpc) is 2.74. The average molecular weight is 298 g/mol. The topological polar surface area (TPSA) is 54.5 Å². The van der Waals surface area contributed by atoms with Gasteiger partial charge in [0.25, 0.3) is 0 Å². The number of aromatic nitrogens is 1. The molecule has 0 amide bonds. The van der Waals surface area contributed by atoms with Crippen LogP contribution in [0.4, 0.5) is 0 Å². The largest absolute Gasteiger partial charge is 0.495 e. The summed E-state index contributed by atoms with van der Waals surface area (Å²) in [6.07, 6.45) is 1.73. The van der Waals surface area contributed by atoms with Gasteiger partial charge in [0, 0.05) is 17.8 Å². The summed E-state index contributed by atoms with van der Waals surface area (Å²) in [6.45, 7) is 0. The number of H-pyrrole nitrogens is 1. The molecular weight excluding hydrogens is 286 g/mol. The number of hydrogen-bond donors (Lipinski definition) is 2. The summed E-state index contributed by atoms with van der Waals surface area (Å²) in [5, 5.41) is 9.29. The van der Waals surface area contributed by atoms with Gasteiger partial charge < -0.3 is 19.6 Å². The number of methoxy groups -OCH3 is 2. The molecule has 17 heavy (non-hydrogen) atoms. The quantitative estimate of drug-likeness (QED) is 0.915. The molecule has 2 aromatic rings. The Kier molecular flexibility index (Phi) is 3.28. The Morgan fingerprint density at radius 2 is 1.88 bits per heavy atom. The molecule has 4 nitrogen and oxygen atoms in total. The van der Waals surface area contributed by atoms with Crippen LogP contribution in [-0.4, -0.2) is 24.3 Å². The number of benzene rings is 1.